The number of hydrogen-bond acceptors (Lipinski definition) is 1. The zero-order valence-electron chi connectivity index (χ0n) is 10.9. The Labute approximate surface area is 117 Å². The second-order valence-electron chi connectivity index (χ2n) is 5.09. The van der Waals surface area contributed by atoms with Crippen LogP contribution in [0.3, 0.4) is 0 Å². The van der Waals surface area contributed by atoms with Crippen molar-refractivity contribution >= 4 is 23.0 Å². The molecule has 0 amide bonds. The third-order valence-corrected chi connectivity index (χ3v) is 3.82. The molecule has 0 aromatic heterocycles. The van der Waals surface area contributed by atoms with Crippen molar-refractivity contribution in [2.24, 2.45) is 5.92 Å². The predicted molar refractivity (Wildman–Crippen MR) is 77.1 cm³/mol. The average molecular weight is 284 g/mol. The van der Waals surface area contributed by atoms with E-state index in [1.54, 1.807) is 0 Å². The van der Waals surface area contributed by atoms with Gasteiger partial charge in [0.25, 0.3) is 0 Å². The van der Waals surface area contributed by atoms with E-state index in [1.165, 1.54) is 19.3 Å². The van der Waals surface area contributed by atoms with Gasteiger partial charge >= 0.3 is 0 Å². The molecule has 1 saturated carbocycles. The van der Waals surface area contributed by atoms with Crippen molar-refractivity contribution in [1.82, 2.24) is 5.32 Å². The van der Waals surface area contributed by atoms with Crippen LogP contribution in [0.25, 0.3) is 0 Å². The van der Waals surface area contributed by atoms with Crippen LogP contribution >= 0.6 is 12.2 Å². The maximum absolute atomic E-state index is 13.5. The van der Waals surface area contributed by atoms with Crippen LogP contribution in [0.2, 0.25) is 0 Å². The molecular formula is C14H18F2N2S. The molecule has 1 fully saturated rings. The third kappa shape index (κ3) is 3.86. The van der Waals surface area contributed by atoms with Crippen LogP contribution in [0.1, 0.15) is 32.6 Å². The number of anilines is 1. The van der Waals surface area contributed by atoms with Crippen LogP contribution in [0.4, 0.5) is 14.5 Å². The lowest BCUT2D eigenvalue weighted by molar-refractivity contribution is 0.309. The topological polar surface area (TPSA) is 24.1 Å². The van der Waals surface area contributed by atoms with Gasteiger partial charge in [-0.2, -0.15) is 0 Å². The number of benzene rings is 1. The van der Waals surface area contributed by atoms with Crippen molar-refractivity contribution in [3.05, 3.63) is 29.8 Å². The van der Waals surface area contributed by atoms with E-state index in [4.69, 9.17) is 12.2 Å². The first kappa shape index (κ1) is 14.2. The molecule has 0 bridgehead atoms. The fourth-order valence-electron chi connectivity index (χ4n) is 2.45. The van der Waals surface area contributed by atoms with Gasteiger partial charge in [0, 0.05) is 12.1 Å². The minimum Gasteiger partial charge on any atom is -0.359 e. The third-order valence-electron chi connectivity index (χ3n) is 3.60. The van der Waals surface area contributed by atoms with Gasteiger partial charge in [0.15, 0.2) is 5.11 Å². The molecule has 1 aromatic carbocycles. The standard InChI is InChI=1S/C14H18F2N2S/c1-9-4-2-3-5-12(9)17-14(19)18-13-8-10(15)6-7-11(13)16/h6-9,12H,2-5H2,1H3,(H2,17,18,19)/t9-,12+/m1/s1. The summed E-state index contributed by atoms with van der Waals surface area (Å²) in [7, 11) is 0. The van der Waals surface area contributed by atoms with Crippen LogP contribution in [0, 0.1) is 17.6 Å². The Kier molecular flexibility index (Phi) is 4.69. The molecule has 2 N–H and O–H groups in total. The van der Waals surface area contributed by atoms with E-state index >= 15 is 0 Å². The average Bonchev–Trinajstić information content (AvgIpc) is 2.37. The second-order valence-corrected chi connectivity index (χ2v) is 5.50. The van der Waals surface area contributed by atoms with Crippen LogP contribution in [-0.4, -0.2) is 11.2 Å². The molecule has 0 spiro atoms. The van der Waals surface area contributed by atoms with E-state index in [0.29, 0.717) is 17.1 Å². The first-order chi connectivity index (χ1) is 9.06. The van der Waals surface area contributed by atoms with Gasteiger partial charge in [0.1, 0.15) is 11.6 Å². The maximum atomic E-state index is 13.5. The monoisotopic (exact) mass is 284 g/mol. The molecule has 0 heterocycles. The van der Waals surface area contributed by atoms with Crippen molar-refractivity contribution in [1.29, 1.82) is 0 Å². The van der Waals surface area contributed by atoms with Crippen molar-refractivity contribution in [3.8, 4) is 0 Å². The first-order valence-electron chi connectivity index (χ1n) is 6.59. The number of rotatable bonds is 2. The minimum absolute atomic E-state index is 0.0703. The smallest absolute Gasteiger partial charge is 0.171 e. The number of hydrogen-bond donors (Lipinski definition) is 2. The summed E-state index contributed by atoms with van der Waals surface area (Å²) in [6.45, 7) is 2.18. The van der Waals surface area contributed by atoms with Gasteiger partial charge in [-0.3, -0.25) is 0 Å². The summed E-state index contributed by atoms with van der Waals surface area (Å²) >= 11 is 5.16. The van der Waals surface area contributed by atoms with E-state index < -0.39 is 11.6 Å². The van der Waals surface area contributed by atoms with Crippen molar-refractivity contribution in [2.75, 3.05) is 5.32 Å². The van der Waals surface area contributed by atoms with Gasteiger partial charge in [-0.05, 0) is 43.1 Å². The molecule has 0 saturated heterocycles. The van der Waals surface area contributed by atoms with Crippen LogP contribution in [0.5, 0.6) is 0 Å². The fraction of sp³-hybridized carbons (Fsp3) is 0.500. The Balaban J connectivity index is 1.95. The van der Waals surface area contributed by atoms with E-state index in [2.05, 4.69) is 17.6 Å². The van der Waals surface area contributed by atoms with Crippen LogP contribution in [-0.2, 0) is 0 Å². The summed E-state index contributed by atoms with van der Waals surface area (Å²) in [6.07, 6.45) is 4.67. The number of thiocarbonyl (C=S) groups is 1. The SMILES string of the molecule is C[C@@H]1CCCC[C@@H]1NC(=S)Nc1cc(F)ccc1F. The van der Waals surface area contributed by atoms with Gasteiger partial charge in [-0.1, -0.05) is 19.8 Å². The van der Waals surface area contributed by atoms with E-state index in [1.807, 2.05) is 0 Å². The molecule has 2 rings (SSSR count). The summed E-state index contributed by atoms with van der Waals surface area (Å²) in [5, 5.41) is 6.27. The van der Waals surface area contributed by atoms with E-state index in [9.17, 15) is 8.78 Å². The predicted octanol–water partition coefficient (Wildman–Crippen LogP) is 3.83. The number of nitrogens with one attached hydrogen (secondary N) is 2. The van der Waals surface area contributed by atoms with Crippen molar-refractivity contribution < 1.29 is 8.78 Å². The zero-order chi connectivity index (χ0) is 13.8. The van der Waals surface area contributed by atoms with Gasteiger partial charge < -0.3 is 10.6 Å². The number of halogens is 2. The largest absolute Gasteiger partial charge is 0.359 e. The van der Waals surface area contributed by atoms with E-state index in [-0.39, 0.29) is 5.69 Å². The molecular weight excluding hydrogens is 266 g/mol. The summed E-state index contributed by atoms with van der Waals surface area (Å²) < 4.78 is 26.5. The summed E-state index contributed by atoms with van der Waals surface area (Å²) in [4.78, 5) is 0. The Morgan fingerprint density at radius 2 is 2.00 bits per heavy atom. The molecule has 1 aliphatic rings. The molecule has 104 valence electrons. The molecule has 2 atom stereocenters. The van der Waals surface area contributed by atoms with Crippen molar-refractivity contribution in [2.45, 2.75) is 38.6 Å². The molecule has 1 aliphatic carbocycles. The highest BCUT2D eigenvalue weighted by atomic mass is 32.1. The normalized spacial score (nSPS) is 22.9. The quantitative estimate of drug-likeness (QED) is 0.807. The molecule has 1 aromatic rings. The Morgan fingerprint density at radius 1 is 1.26 bits per heavy atom. The van der Waals surface area contributed by atoms with Gasteiger partial charge in [0.05, 0.1) is 5.69 Å². The van der Waals surface area contributed by atoms with Gasteiger partial charge in [-0.25, -0.2) is 8.78 Å². The molecule has 19 heavy (non-hydrogen) atoms. The highest BCUT2D eigenvalue weighted by Gasteiger charge is 2.21. The molecule has 0 aliphatic heterocycles. The lowest BCUT2D eigenvalue weighted by atomic mass is 9.86. The first-order valence-corrected chi connectivity index (χ1v) is 6.99. The molecule has 0 unspecified atom stereocenters. The van der Waals surface area contributed by atoms with Gasteiger partial charge in [-0.15, -0.1) is 0 Å². The van der Waals surface area contributed by atoms with Crippen LogP contribution in [0.15, 0.2) is 18.2 Å². The maximum Gasteiger partial charge on any atom is 0.171 e. The fourth-order valence-corrected chi connectivity index (χ4v) is 2.71. The minimum atomic E-state index is -0.512. The van der Waals surface area contributed by atoms with Crippen LogP contribution < -0.4 is 10.6 Å². The lowest BCUT2D eigenvalue weighted by Gasteiger charge is -2.30. The highest BCUT2D eigenvalue weighted by Crippen LogP contribution is 2.24. The second kappa shape index (κ2) is 6.28. The van der Waals surface area contributed by atoms with Crippen molar-refractivity contribution in [3.63, 3.8) is 0 Å². The summed E-state index contributed by atoms with van der Waals surface area (Å²) in [5.74, 6) is -0.453. The van der Waals surface area contributed by atoms with E-state index in [0.717, 1.165) is 24.6 Å². The lowest BCUT2D eigenvalue weighted by Crippen LogP contribution is -2.43. The van der Waals surface area contributed by atoms with Gasteiger partial charge in [0.2, 0.25) is 0 Å². The Hall–Kier alpha value is -1.23. The molecule has 5 heteroatoms. The Bertz CT molecular complexity index is 465. The molecule has 2 nitrogen and oxygen atoms in total. The Morgan fingerprint density at radius 3 is 2.74 bits per heavy atom. The summed E-state index contributed by atoms with van der Waals surface area (Å²) in [6, 6.07) is 3.59. The highest BCUT2D eigenvalue weighted by molar-refractivity contribution is 7.80. The summed E-state index contributed by atoms with van der Waals surface area (Å²) in [5.41, 5.74) is 0.0703. The zero-order valence-corrected chi connectivity index (χ0v) is 11.7. The molecule has 0 radical (unpaired) electrons.